The van der Waals surface area contributed by atoms with Gasteiger partial charge >= 0.3 is 6.09 Å². The molecule has 2 atom stereocenters. The first-order valence-electron chi connectivity index (χ1n) is 12.3. The minimum Gasteiger partial charge on any atom is -0.508 e. The molecule has 0 radical (unpaired) electrons. The Morgan fingerprint density at radius 1 is 1.00 bits per heavy atom. The van der Waals surface area contributed by atoms with Crippen molar-refractivity contribution < 1.29 is 29.3 Å². The number of aliphatic hydroxyl groups excluding tert-OH is 1. The predicted octanol–water partition coefficient (Wildman–Crippen LogP) is 4.12. The number of para-hydroxylation sites is 1. The summed E-state index contributed by atoms with van der Waals surface area (Å²) >= 11 is 0. The van der Waals surface area contributed by atoms with Gasteiger partial charge in [-0.1, -0.05) is 24.3 Å². The number of nitrogens with zero attached hydrogens (tertiary/aromatic N) is 1. The first-order valence-corrected chi connectivity index (χ1v) is 12.3. The number of ether oxygens (including phenoxy) is 1. The van der Waals surface area contributed by atoms with Gasteiger partial charge in [-0.15, -0.1) is 0 Å². The quantitative estimate of drug-likeness (QED) is 0.420. The summed E-state index contributed by atoms with van der Waals surface area (Å²) in [6, 6.07) is 7.36. The first kappa shape index (κ1) is 29.6. The number of benzene rings is 2. The molecule has 4 N–H and O–H groups in total. The zero-order valence-corrected chi connectivity index (χ0v) is 22.9. The van der Waals surface area contributed by atoms with E-state index in [0.29, 0.717) is 16.8 Å². The van der Waals surface area contributed by atoms with Crippen LogP contribution in [0.1, 0.15) is 62.9 Å². The number of nitrogens with one attached hydrogen (secondary N) is 2. The lowest BCUT2D eigenvalue weighted by molar-refractivity contribution is -0.143. The summed E-state index contributed by atoms with van der Waals surface area (Å²) in [5.41, 5.74) is 2.55. The number of alkyl carbamates (subject to hydrolysis) is 1. The Bertz CT molecular complexity index is 1120. The van der Waals surface area contributed by atoms with Gasteiger partial charge in [0.1, 0.15) is 23.4 Å². The molecule has 2 rings (SSSR count). The maximum absolute atomic E-state index is 13.8. The summed E-state index contributed by atoms with van der Waals surface area (Å²) in [6.45, 7) is 13.3. The average molecular weight is 514 g/mol. The number of carbonyl (C=O) groups is 3. The van der Waals surface area contributed by atoms with Crippen molar-refractivity contribution in [2.75, 3.05) is 11.9 Å². The molecule has 0 aliphatic rings. The molecule has 0 aliphatic carbocycles. The topological polar surface area (TPSA) is 128 Å². The van der Waals surface area contributed by atoms with Crippen LogP contribution >= 0.6 is 0 Å². The van der Waals surface area contributed by atoms with E-state index >= 15 is 0 Å². The van der Waals surface area contributed by atoms with Crippen LogP contribution in [0, 0.1) is 20.8 Å². The van der Waals surface area contributed by atoms with Gasteiger partial charge in [0.2, 0.25) is 5.91 Å². The lowest BCUT2D eigenvalue weighted by atomic mass is 9.98. The van der Waals surface area contributed by atoms with Crippen LogP contribution in [0.25, 0.3) is 0 Å². The predicted molar refractivity (Wildman–Crippen MR) is 142 cm³/mol. The fourth-order valence-electron chi connectivity index (χ4n) is 3.99. The Kier molecular flexibility index (Phi) is 9.69. The Morgan fingerprint density at radius 3 is 2.08 bits per heavy atom. The van der Waals surface area contributed by atoms with E-state index in [2.05, 4.69) is 10.6 Å². The van der Waals surface area contributed by atoms with E-state index in [4.69, 9.17) is 4.74 Å². The number of phenolic OH excluding ortho intramolecular Hbond substituents is 1. The van der Waals surface area contributed by atoms with Crippen molar-refractivity contribution in [3.05, 3.63) is 58.7 Å². The van der Waals surface area contributed by atoms with Crippen LogP contribution < -0.4 is 10.6 Å². The molecule has 2 aromatic rings. The molecule has 3 amide bonds. The lowest BCUT2D eigenvalue weighted by Gasteiger charge is -2.37. The molecule has 9 heteroatoms. The molecule has 0 heterocycles. The summed E-state index contributed by atoms with van der Waals surface area (Å²) in [6.07, 6.45) is -0.861. The third-order valence-electron chi connectivity index (χ3n) is 5.77. The van der Waals surface area contributed by atoms with Crippen LogP contribution in [0.3, 0.4) is 0 Å². The van der Waals surface area contributed by atoms with E-state index in [9.17, 15) is 24.6 Å². The van der Waals surface area contributed by atoms with E-state index < -0.39 is 48.2 Å². The molecule has 0 bridgehead atoms. The number of phenols is 1. The highest BCUT2D eigenvalue weighted by Gasteiger charge is 2.38. The smallest absolute Gasteiger partial charge is 0.408 e. The molecule has 0 saturated carbocycles. The van der Waals surface area contributed by atoms with E-state index in [1.807, 2.05) is 32.0 Å². The van der Waals surface area contributed by atoms with E-state index in [0.717, 1.165) is 11.1 Å². The number of amides is 3. The van der Waals surface area contributed by atoms with E-state index in [1.165, 1.54) is 11.0 Å². The second kappa shape index (κ2) is 12.1. The third kappa shape index (κ3) is 7.69. The summed E-state index contributed by atoms with van der Waals surface area (Å²) in [4.78, 5) is 41.3. The fraction of sp³-hybridized carbons (Fsp3) is 0.464. The highest BCUT2D eigenvalue weighted by Crippen LogP contribution is 2.30. The number of carbonyl (C=O) groups excluding carboxylic acids is 3. The molecule has 0 aromatic heterocycles. The van der Waals surface area contributed by atoms with Crippen molar-refractivity contribution in [2.45, 2.75) is 79.1 Å². The van der Waals surface area contributed by atoms with Crippen LogP contribution in [0.15, 0.2) is 36.4 Å². The summed E-state index contributed by atoms with van der Waals surface area (Å²) in [7, 11) is 0. The Hall–Kier alpha value is -3.59. The summed E-state index contributed by atoms with van der Waals surface area (Å²) < 4.78 is 5.25. The highest BCUT2D eigenvalue weighted by atomic mass is 16.6. The van der Waals surface area contributed by atoms with Gasteiger partial charge in [0.05, 0.1) is 6.61 Å². The standard InChI is InChI=1S/C28H39N3O6/c1-16(2)31(26(35)21(15-32)29-27(36)37-28(6,7)8)24(20-12-13-22(33)19(5)14-20)25(34)30-23-17(3)10-9-11-18(23)4/h9-14,16,21,24,32-33H,15H2,1-8H3,(H,29,36)(H,30,34). The number of aryl methyl sites for hydroxylation is 3. The second-order valence-electron chi connectivity index (χ2n) is 10.4. The third-order valence-corrected chi connectivity index (χ3v) is 5.77. The van der Waals surface area contributed by atoms with Crippen molar-refractivity contribution >= 4 is 23.6 Å². The lowest BCUT2D eigenvalue weighted by Crippen LogP contribution is -2.55. The largest absolute Gasteiger partial charge is 0.508 e. The Balaban J connectivity index is 2.54. The van der Waals surface area contributed by atoms with Gasteiger partial charge in [0.15, 0.2) is 0 Å². The van der Waals surface area contributed by atoms with Crippen molar-refractivity contribution in [1.82, 2.24) is 10.2 Å². The minimum absolute atomic E-state index is 0.0555. The fourth-order valence-corrected chi connectivity index (χ4v) is 3.99. The van der Waals surface area contributed by atoms with Crippen molar-refractivity contribution in [3.63, 3.8) is 0 Å². The van der Waals surface area contributed by atoms with Crippen LogP contribution in [-0.2, 0) is 14.3 Å². The SMILES string of the molecule is Cc1cc(C(C(=O)Nc2c(C)cccc2C)N(C(=O)C(CO)NC(=O)OC(C)(C)C)C(C)C)ccc1O. The Labute approximate surface area is 218 Å². The van der Waals surface area contributed by atoms with Crippen LogP contribution in [0.5, 0.6) is 5.75 Å². The van der Waals surface area contributed by atoms with Crippen LogP contribution in [-0.4, -0.2) is 57.3 Å². The van der Waals surface area contributed by atoms with Gasteiger partial charge in [0.25, 0.3) is 5.91 Å². The molecule has 202 valence electrons. The summed E-state index contributed by atoms with van der Waals surface area (Å²) in [5.74, 6) is -1.07. The average Bonchev–Trinajstić information content (AvgIpc) is 2.78. The molecular weight excluding hydrogens is 474 g/mol. The molecule has 9 nitrogen and oxygen atoms in total. The number of anilines is 1. The highest BCUT2D eigenvalue weighted by molar-refractivity contribution is 6.00. The summed E-state index contributed by atoms with van der Waals surface area (Å²) in [5, 5.41) is 25.5. The first-order chi connectivity index (χ1) is 17.2. The second-order valence-corrected chi connectivity index (χ2v) is 10.4. The molecule has 2 aromatic carbocycles. The molecule has 0 saturated heterocycles. The molecule has 0 spiro atoms. The van der Waals surface area contributed by atoms with Crippen molar-refractivity contribution in [3.8, 4) is 5.75 Å². The number of rotatable bonds is 8. The van der Waals surface area contributed by atoms with E-state index in [-0.39, 0.29) is 5.75 Å². The Morgan fingerprint density at radius 2 is 1.59 bits per heavy atom. The minimum atomic E-state index is -1.34. The van der Waals surface area contributed by atoms with Gasteiger partial charge in [-0.25, -0.2) is 4.79 Å². The molecular formula is C28H39N3O6. The van der Waals surface area contributed by atoms with Gasteiger partial charge in [-0.2, -0.15) is 0 Å². The van der Waals surface area contributed by atoms with Crippen LogP contribution in [0.2, 0.25) is 0 Å². The zero-order chi connectivity index (χ0) is 28.1. The molecule has 2 unspecified atom stereocenters. The number of hydrogen-bond donors (Lipinski definition) is 4. The van der Waals surface area contributed by atoms with Gasteiger partial charge in [-0.3, -0.25) is 9.59 Å². The van der Waals surface area contributed by atoms with Crippen molar-refractivity contribution in [2.24, 2.45) is 0 Å². The van der Waals surface area contributed by atoms with Gasteiger partial charge in [-0.05, 0) is 89.8 Å². The monoisotopic (exact) mass is 513 g/mol. The molecule has 0 fully saturated rings. The number of hydrogen-bond acceptors (Lipinski definition) is 6. The zero-order valence-electron chi connectivity index (χ0n) is 22.9. The molecule has 37 heavy (non-hydrogen) atoms. The normalized spacial score (nSPS) is 13.0. The number of aromatic hydroxyl groups is 1. The number of aliphatic hydroxyl groups is 1. The van der Waals surface area contributed by atoms with Gasteiger partial charge in [0, 0.05) is 11.7 Å². The van der Waals surface area contributed by atoms with Gasteiger partial charge < -0.3 is 30.5 Å². The maximum atomic E-state index is 13.8. The molecule has 0 aliphatic heterocycles. The maximum Gasteiger partial charge on any atom is 0.408 e. The van der Waals surface area contributed by atoms with Crippen LogP contribution in [0.4, 0.5) is 10.5 Å². The van der Waals surface area contributed by atoms with Crippen molar-refractivity contribution in [1.29, 1.82) is 0 Å². The van der Waals surface area contributed by atoms with E-state index in [1.54, 1.807) is 53.7 Å².